The molecule has 6 nitrogen and oxygen atoms in total. The van der Waals surface area contributed by atoms with E-state index in [-0.39, 0.29) is 18.2 Å². The summed E-state index contributed by atoms with van der Waals surface area (Å²) < 4.78 is 1.74. The molecule has 20 heavy (non-hydrogen) atoms. The van der Waals surface area contributed by atoms with Crippen LogP contribution in [0.25, 0.3) is 11.0 Å². The molecule has 1 aromatic carbocycles. The van der Waals surface area contributed by atoms with Crippen LogP contribution < -0.4 is 5.32 Å². The van der Waals surface area contributed by atoms with Crippen LogP contribution in [0, 0.1) is 6.92 Å². The number of carbonyl (C=O) groups is 2. The van der Waals surface area contributed by atoms with E-state index in [0.717, 1.165) is 28.4 Å². The van der Waals surface area contributed by atoms with Crippen molar-refractivity contribution in [1.29, 1.82) is 0 Å². The second-order valence-electron chi connectivity index (χ2n) is 4.28. The van der Waals surface area contributed by atoms with Crippen LogP contribution in [0.3, 0.4) is 0 Å². The van der Waals surface area contributed by atoms with E-state index in [2.05, 4.69) is 10.3 Å². The van der Waals surface area contributed by atoms with Crippen molar-refractivity contribution >= 4 is 34.7 Å². The monoisotopic (exact) mass is 293 g/mol. The number of rotatable bonds is 5. The fourth-order valence-corrected chi connectivity index (χ4v) is 2.60. The lowest BCUT2D eigenvalue weighted by Crippen LogP contribution is -2.23. The maximum Gasteiger partial charge on any atom is 0.313 e. The number of aromatic nitrogens is 2. The van der Waals surface area contributed by atoms with Gasteiger partial charge >= 0.3 is 5.97 Å². The summed E-state index contributed by atoms with van der Waals surface area (Å²) >= 11 is 1.11. The fraction of sp³-hybridized carbons (Fsp3) is 0.308. The summed E-state index contributed by atoms with van der Waals surface area (Å²) in [5, 5.41) is 11.9. The first-order valence-electron chi connectivity index (χ1n) is 6.04. The average molecular weight is 293 g/mol. The molecule has 0 aliphatic rings. The van der Waals surface area contributed by atoms with Crippen LogP contribution in [0.4, 0.5) is 0 Å². The third-order valence-corrected chi connectivity index (χ3v) is 3.81. The van der Waals surface area contributed by atoms with Gasteiger partial charge in [0, 0.05) is 7.05 Å². The van der Waals surface area contributed by atoms with Crippen LogP contribution in [0.5, 0.6) is 0 Å². The second-order valence-corrected chi connectivity index (χ2v) is 5.22. The zero-order valence-electron chi connectivity index (χ0n) is 11.2. The van der Waals surface area contributed by atoms with E-state index >= 15 is 0 Å². The van der Waals surface area contributed by atoms with Crippen molar-refractivity contribution in [3.05, 3.63) is 23.8 Å². The lowest BCUT2D eigenvalue weighted by molar-refractivity contribution is -0.133. The van der Waals surface area contributed by atoms with Gasteiger partial charge in [0.15, 0.2) is 5.16 Å². The van der Waals surface area contributed by atoms with E-state index in [0.29, 0.717) is 5.16 Å². The molecule has 0 radical (unpaired) electrons. The van der Waals surface area contributed by atoms with E-state index in [4.69, 9.17) is 5.11 Å². The maximum atomic E-state index is 11.6. The number of imidazole rings is 1. The lowest BCUT2D eigenvalue weighted by atomic mass is 10.2. The van der Waals surface area contributed by atoms with Gasteiger partial charge in [0.1, 0.15) is 6.54 Å². The van der Waals surface area contributed by atoms with Crippen LogP contribution in [0.15, 0.2) is 23.4 Å². The number of thioether (sulfide) groups is 1. The Bertz CT molecular complexity index is 666. The van der Waals surface area contributed by atoms with Crippen LogP contribution in [-0.2, 0) is 16.1 Å². The summed E-state index contributed by atoms with van der Waals surface area (Å²) in [5.74, 6) is -1.15. The third-order valence-electron chi connectivity index (χ3n) is 2.85. The van der Waals surface area contributed by atoms with Gasteiger partial charge in [0.05, 0.1) is 16.8 Å². The zero-order valence-corrected chi connectivity index (χ0v) is 12.0. The summed E-state index contributed by atoms with van der Waals surface area (Å²) in [6, 6.07) is 5.71. The van der Waals surface area contributed by atoms with Crippen molar-refractivity contribution in [2.75, 3.05) is 12.8 Å². The molecule has 2 aromatic rings. The standard InChI is InChI=1S/C13H15N3O3S/c1-8-4-3-5-9-12(8)15-13(20-7-11(18)19)16(9)6-10(17)14-2/h3-5H,6-7H2,1-2H3,(H,14,17)(H,18,19). The Hall–Kier alpha value is -2.02. The van der Waals surface area contributed by atoms with E-state index in [1.54, 1.807) is 11.6 Å². The number of carboxylic acid groups (broad SMARTS) is 1. The predicted molar refractivity (Wildman–Crippen MR) is 76.9 cm³/mol. The summed E-state index contributed by atoms with van der Waals surface area (Å²) in [5.41, 5.74) is 2.63. The molecule has 7 heteroatoms. The molecule has 0 atom stereocenters. The molecule has 0 fully saturated rings. The van der Waals surface area contributed by atoms with Gasteiger partial charge in [-0.25, -0.2) is 4.98 Å². The molecular formula is C13H15N3O3S. The first-order chi connectivity index (χ1) is 9.52. The molecule has 0 aliphatic heterocycles. The molecule has 0 aliphatic carbocycles. The number of carboxylic acids is 1. The Labute approximate surface area is 120 Å². The van der Waals surface area contributed by atoms with Crippen molar-refractivity contribution in [3.8, 4) is 0 Å². The minimum absolute atomic E-state index is 0.0872. The summed E-state index contributed by atoms with van der Waals surface area (Å²) in [6.07, 6.45) is 0. The number of nitrogens with zero attached hydrogens (tertiary/aromatic N) is 2. The van der Waals surface area contributed by atoms with Crippen LogP contribution in [0.1, 0.15) is 5.56 Å². The molecule has 2 rings (SSSR count). The fourth-order valence-electron chi connectivity index (χ4n) is 1.88. The van der Waals surface area contributed by atoms with Gasteiger partial charge in [-0.15, -0.1) is 0 Å². The Kier molecular flexibility index (Phi) is 4.29. The molecule has 1 heterocycles. The normalized spacial score (nSPS) is 10.7. The first-order valence-corrected chi connectivity index (χ1v) is 7.02. The predicted octanol–water partition coefficient (Wildman–Crippen LogP) is 1.27. The minimum Gasteiger partial charge on any atom is -0.481 e. The summed E-state index contributed by atoms with van der Waals surface area (Å²) in [4.78, 5) is 26.8. The molecular weight excluding hydrogens is 278 g/mol. The Morgan fingerprint density at radius 3 is 2.85 bits per heavy atom. The smallest absolute Gasteiger partial charge is 0.313 e. The van der Waals surface area contributed by atoms with Gasteiger partial charge in [0.25, 0.3) is 0 Å². The van der Waals surface area contributed by atoms with Crippen LogP contribution in [0.2, 0.25) is 0 Å². The van der Waals surface area contributed by atoms with Crippen LogP contribution in [-0.4, -0.2) is 39.3 Å². The number of benzene rings is 1. The third kappa shape index (κ3) is 2.93. The van der Waals surface area contributed by atoms with Gasteiger partial charge in [-0.1, -0.05) is 23.9 Å². The Morgan fingerprint density at radius 2 is 2.20 bits per heavy atom. The highest BCUT2D eigenvalue weighted by Gasteiger charge is 2.15. The molecule has 0 saturated carbocycles. The molecule has 0 spiro atoms. The van der Waals surface area contributed by atoms with Gasteiger partial charge in [-0.3, -0.25) is 9.59 Å². The number of hydrogen-bond acceptors (Lipinski definition) is 4. The highest BCUT2D eigenvalue weighted by atomic mass is 32.2. The molecule has 106 valence electrons. The molecule has 1 amide bonds. The number of likely N-dealkylation sites (N-methyl/N-ethyl adjacent to an activating group) is 1. The average Bonchev–Trinajstić information content (AvgIpc) is 2.76. The van der Waals surface area contributed by atoms with Gasteiger partial charge in [0.2, 0.25) is 5.91 Å². The van der Waals surface area contributed by atoms with Gasteiger partial charge < -0.3 is 15.0 Å². The number of aryl methyl sites for hydroxylation is 1. The number of hydrogen-bond donors (Lipinski definition) is 2. The van der Waals surface area contributed by atoms with Gasteiger partial charge in [-0.2, -0.15) is 0 Å². The number of fused-ring (bicyclic) bond motifs is 1. The number of amides is 1. The quantitative estimate of drug-likeness (QED) is 0.811. The number of carbonyl (C=O) groups excluding carboxylic acids is 1. The largest absolute Gasteiger partial charge is 0.481 e. The van der Waals surface area contributed by atoms with E-state index < -0.39 is 5.97 Å². The second kappa shape index (κ2) is 5.96. The molecule has 1 aromatic heterocycles. The van der Waals surface area contributed by atoms with Gasteiger partial charge in [-0.05, 0) is 18.6 Å². The number of para-hydroxylation sites is 1. The van der Waals surface area contributed by atoms with Crippen molar-refractivity contribution in [2.24, 2.45) is 0 Å². The lowest BCUT2D eigenvalue weighted by Gasteiger charge is -2.07. The minimum atomic E-state index is -0.912. The zero-order chi connectivity index (χ0) is 14.7. The highest BCUT2D eigenvalue weighted by molar-refractivity contribution is 7.99. The highest BCUT2D eigenvalue weighted by Crippen LogP contribution is 2.25. The molecule has 0 unspecified atom stereocenters. The molecule has 0 bridgehead atoms. The van der Waals surface area contributed by atoms with Crippen molar-refractivity contribution in [1.82, 2.24) is 14.9 Å². The summed E-state index contributed by atoms with van der Waals surface area (Å²) in [7, 11) is 1.57. The molecule has 0 saturated heterocycles. The maximum absolute atomic E-state index is 11.6. The molecule has 2 N–H and O–H groups in total. The van der Waals surface area contributed by atoms with E-state index in [1.807, 2.05) is 25.1 Å². The van der Waals surface area contributed by atoms with Crippen molar-refractivity contribution in [3.63, 3.8) is 0 Å². The van der Waals surface area contributed by atoms with E-state index in [1.165, 1.54) is 0 Å². The number of nitrogens with one attached hydrogen (secondary N) is 1. The van der Waals surface area contributed by atoms with E-state index in [9.17, 15) is 9.59 Å². The van der Waals surface area contributed by atoms with Crippen molar-refractivity contribution in [2.45, 2.75) is 18.6 Å². The Balaban J connectivity index is 2.47. The van der Waals surface area contributed by atoms with Crippen LogP contribution >= 0.6 is 11.8 Å². The van der Waals surface area contributed by atoms with Crippen molar-refractivity contribution < 1.29 is 14.7 Å². The summed E-state index contributed by atoms with van der Waals surface area (Å²) in [6.45, 7) is 2.06. The first kappa shape index (κ1) is 14.4. The number of aliphatic carboxylic acids is 1. The SMILES string of the molecule is CNC(=O)Cn1c(SCC(=O)O)nc2c(C)cccc21. The topological polar surface area (TPSA) is 84.2 Å². The Morgan fingerprint density at radius 1 is 1.45 bits per heavy atom.